The third-order valence-electron chi connectivity index (χ3n) is 6.75. The lowest BCUT2D eigenvalue weighted by molar-refractivity contribution is 0.0412. The lowest BCUT2D eigenvalue weighted by Gasteiger charge is -2.49. The molecule has 2 aromatic rings. The van der Waals surface area contributed by atoms with E-state index in [4.69, 9.17) is 9.47 Å². The van der Waals surface area contributed by atoms with Crippen molar-refractivity contribution in [2.45, 2.75) is 42.7 Å². The van der Waals surface area contributed by atoms with Gasteiger partial charge in [-0.15, -0.1) is 0 Å². The molecule has 0 spiro atoms. The quantitative estimate of drug-likeness (QED) is 0.897. The summed E-state index contributed by atoms with van der Waals surface area (Å²) in [5.41, 5.74) is 2.57. The molecule has 1 saturated carbocycles. The van der Waals surface area contributed by atoms with Crippen molar-refractivity contribution >= 4 is 0 Å². The Morgan fingerprint density at radius 3 is 2.44 bits per heavy atom. The van der Waals surface area contributed by atoms with Crippen LogP contribution in [0.25, 0.3) is 0 Å². The number of likely N-dealkylation sites (tertiary alicyclic amines) is 1. The summed E-state index contributed by atoms with van der Waals surface area (Å²) in [6, 6.07) is 17.4. The number of hydrogen-bond acceptors (Lipinski definition) is 4. The molecule has 4 nitrogen and oxygen atoms in total. The van der Waals surface area contributed by atoms with Crippen LogP contribution < -0.4 is 9.47 Å². The third kappa shape index (κ3) is 2.91. The van der Waals surface area contributed by atoms with Crippen LogP contribution in [-0.4, -0.2) is 50.0 Å². The highest BCUT2D eigenvalue weighted by atomic mass is 16.5. The van der Waals surface area contributed by atoms with Crippen LogP contribution in [0.4, 0.5) is 0 Å². The first kappa shape index (κ1) is 18.3. The van der Waals surface area contributed by atoms with Gasteiger partial charge in [0, 0.05) is 11.5 Å². The monoisotopic (exact) mass is 367 g/mol. The Morgan fingerprint density at radius 2 is 1.74 bits per heavy atom. The molecular formula is C23H29NO3. The van der Waals surface area contributed by atoms with Gasteiger partial charge in [0.2, 0.25) is 0 Å². The minimum atomic E-state index is -0.269. The van der Waals surface area contributed by atoms with E-state index in [1.807, 2.05) is 6.07 Å². The third-order valence-corrected chi connectivity index (χ3v) is 6.75. The number of aliphatic hydroxyl groups is 1. The van der Waals surface area contributed by atoms with E-state index in [-0.39, 0.29) is 17.4 Å². The zero-order valence-corrected chi connectivity index (χ0v) is 16.4. The largest absolute Gasteiger partial charge is 0.493 e. The predicted octanol–water partition coefficient (Wildman–Crippen LogP) is 3.58. The molecule has 4 heteroatoms. The van der Waals surface area contributed by atoms with Gasteiger partial charge in [-0.25, -0.2) is 0 Å². The zero-order valence-electron chi connectivity index (χ0n) is 16.4. The average Bonchev–Trinajstić information content (AvgIpc) is 3.05. The molecule has 2 aromatic carbocycles. The molecule has 0 bridgehead atoms. The fourth-order valence-electron chi connectivity index (χ4n) is 5.49. The number of likely N-dealkylation sites (N-methyl/N-ethyl adjacent to an activating group) is 1. The summed E-state index contributed by atoms with van der Waals surface area (Å²) >= 11 is 0. The maximum absolute atomic E-state index is 10.7. The van der Waals surface area contributed by atoms with Gasteiger partial charge in [0.15, 0.2) is 11.5 Å². The normalized spacial score (nSPS) is 30.7. The molecule has 0 radical (unpaired) electrons. The number of benzene rings is 2. The molecular weight excluding hydrogens is 338 g/mol. The number of ether oxygens (including phenoxy) is 2. The van der Waals surface area contributed by atoms with E-state index in [1.54, 1.807) is 14.2 Å². The molecule has 4 rings (SSSR count). The molecule has 2 fully saturated rings. The molecule has 2 aliphatic rings. The smallest absolute Gasteiger partial charge is 0.161 e. The molecule has 1 saturated heterocycles. The first-order chi connectivity index (χ1) is 13.1. The highest BCUT2D eigenvalue weighted by molar-refractivity contribution is 5.48. The minimum Gasteiger partial charge on any atom is -0.493 e. The van der Waals surface area contributed by atoms with Crippen LogP contribution >= 0.6 is 0 Å². The second-order valence-corrected chi connectivity index (χ2v) is 7.95. The van der Waals surface area contributed by atoms with Crippen LogP contribution in [0.2, 0.25) is 0 Å². The van der Waals surface area contributed by atoms with Crippen LogP contribution in [0.5, 0.6) is 11.5 Å². The van der Waals surface area contributed by atoms with Gasteiger partial charge in [0.25, 0.3) is 0 Å². The van der Waals surface area contributed by atoms with Gasteiger partial charge in [-0.05, 0) is 62.0 Å². The van der Waals surface area contributed by atoms with E-state index in [9.17, 15) is 5.11 Å². The van der Waals surface area contributed by atoms with Gasteiger partial charge >= 0.3 is 0 Å². The van der Waals surface area contributed by atoms with Crippen LogP contribution in [0.15, 0.2) is 48.5 Å². The molecule has 1 aliphatic carbocycles. The van der Waals surface area contributed by atoms with E-state index in [1.165, 1.54) is 11.1 Å². The molecule has 0 aromatic heterocycles. The standard InChI is InChI=1S/C23H29NO3/c1-24-12-11-23(17-9-10-20(26-2)21(13-17)27-3)19(14-18(25)15-22(23)24)16-7-5-4-6-8-16/h4-10,13,18-19,22,25H,11-12,14-15H2,1-3H3/t18-,19+,22+,23+/m1/s1. The molecule has 1 aliphatic heterocycles. The number of fused-ring (bicyclic) bond motifs is 1. The molecule has 0 amide bonds. The lowest BCUT2D eigenvalue weighted by Crippen LogP contribution is -2.51. The fraction of sp³-hybridized carbons (Fsp3) is 0.478. The fourth-order valence-corrected chi connectivity index (χ4v) is 5.49. The summed E-state index contributed by atoms with van der Waals surface area (Å²) in [5.74, 6) is 1.80. The summed E-state index contributed by atoms with van der Waals surface area (Å²) in [6.07, 6.45) is 2.42. The van der Waals surface area contributed by atoms with Gasteiger partial charge < -0.3 is 19.5 Å². The van der Waals surface area contributed by atoms with E-state index in [0.29, 0.717) is 6.04 Å². The maximum atomic E-state index is 10.7. The summed E-state index contributed by atoms with van der Waals surface area (Å²) in [6.45, 7) is 1.04. The SMILES string of the molecule is COc1ccc([C@]23CCN(C)[C@H]2C[C@H](O)C[C@H]3c2ccccc2)cc1OC. The molecule has 4 atom stereocenters. The molecule has 144 valence electrons. The van der Waals surface area contributed by atoms with E-state index in [2.05, 4.69) is 54.4 Å². The van der Waals surface area contributed by atoms with Gasteiger partial charge in [-0.2, -0.15) is 0 Å². The van der Waals surface area contributed by atoms with Crippen LogP contribution in [0.3, 0.4) is 0 Å². The van der Waals surface area contributed by atoms with Crippen molar-refractivity contribution in [3.63, 3.8) is 0 Å². The van der Waals surface area contributed by atoms with Crippen molar-refractivity contribution in [2.24, 2.45) is 0 Å². The zero-order chi connectivity index (χ0) is 19.0. The predicted molar refractivity (Wildman–Crippen MR) is 107 cm³/mol. The Labute approximate surface area is 161 Å². The van der Waals surface area contributed by atoms with Crippen molar-refractivity contribution in [3.8, 4) is 11.5 Å². The summed E-state index contributed by atoms with van der Waals surface area (Å²) in [4.78, 5) is 2.43. The number of methoxy groups -OCH3 is 2. The second-order valence-electron chi connectivity index (χ2n) is 7.95. The number of nitrogens with zero attached hydrogens (tertiary/aromatic N) is 1. The Morgan fingerprint density at radius 1 is 1.00 bits per heavy atom. The summed E-state index contributed by atoms with van der Waals surface area (Å²) < 4.78 is 11.1. The summed E-state index contributed by atoms with van der Waals surface area (Å²) in [5, 5.41) is 10.7. The van der Waals surface area contributed by atoms with Gasteiger partial charge in [0.05, 0.1) is 20.3 Å². The Bertz CT molecular complexity index is 793. The molecule has 1 heterocycles. The first-order valence-corrected chi connectivity index (χ1v) is 9.76. The number of hydrogen-bond donors (Lipinski definition) is 1. The Balaban J connectivity index is 1.88. The van der Waals surface area contributed by atoms with Crippen LogP contribution in [0.1, 0.15) is 36.3 Å². The highest BCUT2D eigenvalue weighted by Crippen LogP contribution is 2.56. The van der Waals surface area contributed by atoms with Crippen molar-refractivity contribution in [2.75, 3.05) is 27.8 Å². The first-order valence-electron chi connectivity index (χ1n) is 9.76. The van der Waals surface area contributed by atoms with Crippen molar-refractivity contribution < 1.29 is 14.6 Å². The lowest BCUT2D eigenvalue weighted by atomic mass is 9.57. The van der Waals surface area contributed by atoms with Crippen LogP contribution in [-0.2, 0) is 5.41 Å². The van der Waals surface area contributed by atoms with Crippen molar-refractivity contribution in [3.05, 3.63) is 59.7 Å². The number of aliphatic hydroxyl groups excluding tert-OH is 1. The second kappa shape index (κ2) is 7.17. The van der Waals surface area contributed by atoms with Gasteiger partial charge in [-0.1, -0.05) is 36.4 Å². The van der Waals surface area contributed by atoms with E-state index in [0.717, 1.165) is 37.3 Å². The van der Waals surface area contributed by atoms with E-state index >= 15 is 0 Å². The molecule has 1 N–H and O–H groups in total. The maximum Gasteiger partial charge on any atom is 0.161 e. The van der Waals surface area contributed by atoms with Crippen molar-refractivity contribution in [1.29, 1.82) is 0 Å². The molecule has 27 heavy (non-hydrogen) atoms. The average molecular weight is 367 g/mol. The van der Waals surface area contributed by atoms with Crippen LogP contribution in [0, 0.1) is 0 Å². The molecule has 0 unspecified atom stereocenters. The Kier molecular flexibility index (Phi) is 4.87. The van der Waals surface area contributed by atoms with Gasteiger partial charge in [0.1, 0.15) is 0 Å². The Hall–Kier alpha value is -2.04. The van der Waals surface area contributed by atoms with Crippen molar-refractivity contribution in [1.82, 2.24) is 4.90 Å². The highest BCUT2D eigenvalue weighted by Gasteiger charge is 2.56. The summed E-state index contributed by atoms with van der Waals surface area (Å²) in [7, 11) is 5.55. The van der Waals surface area contributed by atoms with Gasteiger partial charge in [-0.3, -0.25) is 0 Å². The number of rotatable bonds is 4. The van der Waals surface area contributed by atoms with E-state index < -0.39 is 0 Å². The minimum absolute atomic E-state index is 0.0329. The topological polar surface area (TPSA) is 41.9 Å².